The number of aromatic nitrogens is 1. The van der Waals surface area contributed by atoms with Gasteiger partial charge in [-0.3, -0.25) is 9.36 Å². The maximum Gasteiger partial charge on any atom is 0.338 e. The van der Waals surface area contributed by atoms with Gasteiger partial charge in [0.15, 0.2) is 16.3 Å². The Bertz CT molecular complexity index is 1870. The van der Waals surface area contributed by atoms with Crippen molar-refractivity contribution in [3.8, 4) is 28.9 Å². The van der Waals surface area contributed by atoms with Gasteiger partial charge >= 0.3 is 5.97 Å². The minimum atomic E-state index is -0.799. The largest absolute Gasteiger partial charge is 0.493 e. The first-order chi connectivity index (χ1) is 19.4. The van der Waals surface area contributed by atoms with Crippen LogP contribution in [0.2, 0.25) is 0 Å². The molecule has 4 aromatic rings. The van der Waals surface area contributed by atoms with Gasteiger partial charge in [0.1, 0.15) is 11.5 Å². The highest BCUT2D eigenvalue weighted by Gasteiger charge is 2.34. The van der Waals surface area contributed by atoms with E-state index in [0.717, 1.165) is 0 Å². The second kappa shape index (κ2) is 11.1. The summed E-state index contributed by atoms with van der Waals surface area (Å²) in [5.41, 5.74) is 2.17. The average Bonchev–Trinajstić information content (AvgIpc) is 3.55. The number of nitrogens with zero attached hydrogens (tertiary/aromatic N) is 3. The van der Waals surface area contributed by atoms with Gasteiger partial charge in [-0.1, -0.05) is 29.5 Å². The summed E-state index contributed by atoms with van der Waals surface area (Å²) < 4.78 is 24.1. The van der Waals surface area contributed by atoms with Crippen molar-refractivity contribution in [1.82, 2.24) is 4.57 Å². The second-order valence-corrected chi connectivity index (χ2v) is 9.79. The Morgan fingerprint density at radius 1 is 1.15 bits per heavy atom. The Morgan fingerprint density at radius 2 is 1.93 bits per heavy atom. The van der Waals surface area contributed by atoms with E-state index in [4.69, 9.17) is 18.6 Å². The number of thiazole rings is 1. The van der Waals surface area contributed by atoms with Crippen molar-refractivity contribution in [2.45, 2.75) is 19.9 Å². The van der Waals surface area contributed by atoms with Gasteiger partial charge in [-0.15, -0.1) is 0 Å². The molecule has 1 aliphatic rings. The van der Waals surface area contributed by atoms with Crippen LogP contribution in [0.5, 0.6) is 11.5 Å². The molecule has 1 aliphatic heterocycles. The molecule has 0 bridgehead atoms. The zero-order valence-electron chi connectivity index (χ0n) is 22.3. The minimum Gasteiger partial charge on any atom is -0.493 e. The molecule has 2 aromatic heterocycles. The molecule has 0 saturated carbocycles. The molecule has 9 nitrogen and oxygen atoms in total. The molecule has 1 unspecified atom stereocenters. The van der Waals surface area contributed by atoms with Gasteiger partial charge in [0, 0.05) is 11.6 Å². The summed E-state index contributed by atoms with van der Waals surface area (Å²) in [4.78, 5) is 32.0. The molecule has 1 atom stereocenters. The third-order valence-electron chi connectivity index (χ3n) is 6.45. The van der Waals surface area contributed by atoms with Gasteiger partial charge in [0.05, 0.1) is 54.3 Å². The zero-order chi connectivity index (χ0) is 28.4. The summed E-state index contributed by atoms with van der Waals surface area (Å²) in [5, 5.41) is 9.44. The second-order valence-electron chi connectivity index (χ2n) is 8.78. The Balaban J connectivity index is 1.66. The van der Waals surface area contributed by atoms with E-state index in [0.29, 0.717) is 54.7 Å². The van der Waals surface area contributed by atoms with E-state index < -0.39 is 12.0 Å². The lowest BCUT2D eigenvalue weighted by atomic mass is 9.95. The van der Waals surface area contributed by atoms with E-state index in [2.05, 4.69) is 11.1 Å². The van der Waals surface area contributed by atoms with Gasteiger partial charge in [-0.05, 0) is 55.8 Å². The van der Waals surface area contributed by atoms with E-state index in [-0.39, 0.29) is 17.7 Å². The Hall–Kier alpha value is -4.88. The highest BCUT2D eigenvalue weighted by atomic mass is 32.1. The van der Waals surface area contributed by atoms with Crippen LogP contribution < -0.4 is 24.4 Å². The van der Waals surface area contributed by atoms with Crippen molar-refractivity contribution in [2.75, 3.05) is 20.8 Å². The predicted octanol–water partition coefficient (Wildman–Crippen LogP) is 3.95. The first kappa shape index (κ1) is 26.7. The minimum absolute atomic E-state index is 0.175. The fourth-order valence-corrected chi connectivity index (χ4v) is 5.66. The van der Waals surface area contributed by atoms with Crippen molar-refractivity contribution in [2.24, 2.45) is 4.99 Å². The number of hydrogen-bond donors (Lipinski definition) is 0. The number of allylic oxidation sites excluding steroid dienone is 1. The van der Waals surface area contributed by atoms with Crippen molar-refractivity contribution in [3.63, 3.8) is 0 Å². The van der Waals surface area contributed by atoms with Crippen LogP contribution in [0.4, 0.5) is 0 Å². The fourth-order valence-electron chi connectivity index (χ4n) is 4.63. The monoisotopic (exact) mass is 555 g/mol. The van der Waals surface area contributed by atoms with E-state index in [1.165, 1.54) is 30.1 Å². The predicted molar refractivity (Wildman–Crippen MR) is 149 cm³/mol. The molecular formula is C30H25N3O6S. The number of methoxy groups -OCH3 is 2. The van der Waals surface area contributed by atoms with Crippen LogP contribution in [0.25, 0.3) is 17.4 Å². The molecule has 0 fully saturated rings. The summed E-state index contributed by atoms with van der Waals surface area (Å²) in [5.74, 6) is 1.38. The topological polar surface area (TPSA) is 116 Å². The summed E-state index contributed by atoms with van der Waals surface area (Å²) in [7, 11) is 3.06. The molecule has 2 aromatic carbocycles. The van der Waals surface area contributed by atoms with E-state index in [1.807, 2.05) is 6.07 Å². The standard InChI is InChI=1S/C30H25N3O6S/c1-5-38-29(35)26-17(2)32-30-33(27(26)18-10-12-23(36-3)24(14-18)37-4)28(34)25(40-30)15-20-11-13-22(39-20)21-9-7-6-8-19(21)16-31/h6-15,27H,5H2,1-4H3. The first-order valence-corrected chi connectivity index (χ1v) is 13.2. The van der Waals surface area contributed by atoms with Gasteiger partial charge in [-0.2, -0.15) is 5.26 Å². The number of hydrogen-bond acceptors (Lipinski definition) is 9. The van der Waals surface area contributed by atoms with Crippen molar-refractivity contribution < 1.29 is 23.4 Å². The Morgan fingerprint density at radius 3 is 2.65 bits per heavy atom. The lowest BCUT2D eigenvalue weighted by Crippen LogP contribution is -2.39. The Labute approximate surface area is 233 Å². The number of fused-ring (bicyclic) bond motifs is 1. The number of rotatable bonds is 7. The first-order valence-electron chi connectivity index (χ1n) is 12.4. The van der Waals surface area contributed by atoms with E-state index in [1.54, 1.807) is 68.5 Å². The number of carbonyl (C=O) groups excluding carboxylic acids is 1. The number of carbonyl (C=O) groups is 1. The van der Waals surface area contributed by atoms with Crippen LogP contribution in [0.1, 0.15) is 36.8 Å². The highest BCUT2D eigenvalue weighted by Crippen LogP contribution is 2.36. The van der Waals surface area contributed by atoms with Crippen LogP contribution in [-0.4, -0.2) is 31.4 Å². The summed E-state index contributed by atoms with van der Waals surface area (Å²) in [6.07, 6.45) is 1.64. The summed E-state index contributed by atoms with van der Waals surface area (Å²) >= 11 is 1.19. The molecule has 0 saturated heterocycles. The van der Waals surface area contributed by atoms with Crippen molar-refractivity contribution in [3.05, 3.63) is 102 Å². The number of nitriles is 1. The SMILES string of the molecule is CCOC(=O)C1=C(C)N=c2sc(=Cc3ccc(-c4ccccc4C#N)o3)c(=O)n2C1c1ccc(OC)c(OC)c1. The van der Waals surface area contributed by atoms with Crippen LogP contribution in [-0.2, 0) is 9.53 Å². The fraction of sp³-hybridized carbons (Fsp3) is 0.200. The maximum absolute atomic E-state index is 13.9. The van der Waals surface area contributed by atoms with Crippen LogP contribution in [0.15, 0.2) is 80.1 Å². The summed E-state index contributed by atoms with van der Waals surface area (Å²) in [6.45, 7) is 3.62. The molecule has 0 N–H and O–H groups in total. The van der Waals surface area contributed by atoms with Gasteiger partial charge in [0.2, 0.25) is 0 Å². The van der Waals surface area contributed by atoms with E-state index in [9.17, 15) is 14.9 Å². The van der Waals surface area contributed by atoms with Gasteiger partial charge in [0.25, 0.3) is 5.56 Å². The third-order valence-corrected chi connectivity index (χ3v) is 7.44. The molecule has 0 aliphatic carbocycles. The molecule has 5 rings (SSSR count). The quantitative estimate of drug-likeness (QED) is 0.317. The maximum atomic E-state index is 13.9. The van der Waals surface area contributed by atoms with Crippen molar-refractivity contribution >= 4 is 23.4 Å². The molecular weight excluding hydrogens is 530 g/mol. The lowest BCUT2D eigenvalue weighted by molar-refractivity contribution is -0.139. The normalized spacial score (nSPS) is 14.8. The highest BCUT2D eigenvalue weighted by molar-refractivity contribution is 7.07. The number of ether oxygens (including phenoxy) is 3. The van der Waals surface area contributed by atoms with Crippen LogP contribution in [0.3, 0.4) is 0 Å². The Kier molecular flexibility index (Phi) is 7.40. The number of furan rings is 1. The number of benzene rings is 2. The number of esters is 1. The third kappa shape index (κ3) is 4.72. The van der Waals surface area contributed by atoms with Gasteiger partial charge in [-0.25, -0.2) is 9.79 Å². The molecule has 10 heteroatoms. The van der Waals surface area contributed by atoms with E-state index >= 15 is 0 Å². The van der Waals surface area contributed by atoms with Crippen LogP contribution in [0, 0.1) is 11.3 Å². The zero-order valence-corrected chi connectivity index (χ0v) is 23.1. The molecule has 0 spiro atoms. The van der Waals surface area contributed by atoms with Gasteiger partial charge < -0.3 is 18.6 Å². The smallest absolute Gasteiger partial charge is 0.338 e. The summed E-state index contributed by atoms with van der Waals surface area (Å²) in [6, 6.07) is 17.2. The van der Waals surface area contributed by atoms with Crippen LogP contribution >= 0.6 is 11.3 Å². The molecule has 40 heavy (non-hydrogen) atoms. The molecule has 0 amide bonds. The molecule has 202 valence electrons. The van der Waals surface area contributed by atoms with Crippen molar-refractivity contribution in [1.29, 1.82) is 5.26 Å². The molecule has 0 radical (unpaired) electrons. The average molecular weight is 556 g/mol. The lowest BCUT2D eigenvalue weighted by Gasteiger charge is -2.25. The molecule has 3 heterocycles.